The van der Waals surface area contributed by atoms with Gasteiger partial charge in [0.05, 0.1) is 5.92 Å². The van der Waals surface area contributed by atoms with Crippen LogP contribution < -0.4 is 0 Å². The van der Waals surface area contributed by atoms with Gasteiger partial charge in [0.1, 0.15) is 5.60 Å². The second-order valence-electron chi connectivity index (χ2n) is 8.50. The van der Waals surface area contributed by atoms with E-state index in [1.807, 2.05) is 6.92 Å². The normalized spacial score (nSPS) is 22.5. The van der Waals surface area contributed by atoms with Crippen LogP contribution >= 0.6 is 0 Å². The molecule has 0 spiro atoms. The summed E-state index contributed by atoms with van der Waals surface area (Å²) in [6, 6.07) is 10.8. The van der Waals surface area contributed by atoms with E-state index >= 15 is 0 Å². The van der Waals surface area contributed by atoms with Gasteiger partial charge < -0.3 is 4.74 Å². The second kappa shape index (κ2) is 11.4. The number of unbranched alkanes of at least 4 members (excludes halogenated alkanes) is 9. The number of benzene rings is 1. The highest BCUT2D eigenvalue weighted by atomic mass is 16.6. The minimum atomic E-state index is -0.184. The molecule has 2 atom stereocenters. The molecule has 1 unspecified atom stereocenters. The molecule has 0 N–H and O–H groups in total. The lowest BCUT2D eigenvalue weighted by molar-refractivity contribution is -0.149. The van der Waals surface area contributed by atoms with E-state index in [0.717, 1.165) is 12.8 Å². The number of hydrogen-bond donors (Lipinski definition) is 0. The standard InChI is InChI=1S/C24H38O2/c1-21-20-24(2,26-23(21)25)19-15-10-8-6-4-3-5-7-9-12-16-22-17-13-11-14-18-22/h11,13-14,17-18,21H,3-10,12,15-16,19-20H2,1-2H3/t21?,24-/m1/s1. The van der Waals surface area contributed by atoms with Gasteiger partial charge >= 0.3 is 5.97 Å². The zero-order valence-electron chi connectivity index (χ0n) is 17.0. The Bertz CT molecular complexity index is 510. The van der Waals surface area contributed by atoms with Crippen LogP contribution in [0.25, 0.3) is 0 Å². The molecular weight excluding hydrogens is 320 g/mol. The van der Waals surface area contributed by atoms with E-state index < -0.39 is 0 Å². The van der Waals surface area contributed by atoms with Crippen LogP contribution in [0, 0.1) is 5.92 Å². The fourth-order valence-electron chi connectivity index (χ4n) is 4.16. The highest BCUT2D eigenvalue weighted by Crippen LogP contribution is 2.34. The summed E-state index contributed by atoms with van der Waals surface area (Å²) >= 11 is 0. The third-order valence-electron chi connectivity index (χ3n) is 5.75. The second-order valence-corrected chi connectivity index (χ2v) is 8.50. The Morgan fingerprint density at radius 2 is 1.42 bits per heavy atom. The van der Waals surface area contributed by atoms with Crippen molar-refractivity contribution in [1.82, 2.24) is 0 Å². The molecule has 26 heavy (non-hydrogen) atoms. The first kappa shape index (κ1) is 21.0. The fourth-order valence-corrected chi connectivity index (χ4v) is 4.16. The molecule has 0 aromatic heterocycles. The number of ether oxygens (including phenoxy) is 1. The number of rotatable bonds is 13. The quantitative estimate of drug-likeness (QED) is 0.284. The molecule has 1 aromatic rings. The molecule has 2 nitrogen and oxygen atoms in total. The first-order chi connectivity index (χ1) is 12.6. The van der Waals surface area contributed by atoms with Gasteiger partial charge in [0.2, 0.25) is 0 Å². The first-order valence-corrected chi connectivity index (χ1v) is 10.9. The summed E-state index contributed by atoms with van der Waals surface area (Å²) in [5.41, 5.74) is 1.29. The molecular formula is C24H38O2. The topological polar surface area (TPSA) is 26.3 Å². The van der Waals surface area contributed by atoms with E-state index in [1.165, 1.54) is 76.2 Å². The Hall–Kier alpha value is -1.31. The molecule has 1 aromatic carbocycles. The lowest BCUT2D eigenvalue weighted by Gasteiger charge is -2.22. The van der Waals surface area contributed by atoms with Crippen LogP contribution in [0.5, 0.6) is 0 Å². The Morgan fingerprint density at radius 3 is 1.96 bits per heavy atom. The van der Waals surface area contributed by atoms with Crippen molar-refractivity contribution in [3.05, 3.63) is 35.9 Å². The molecule has 2 rings (SSSR count). The van der Waals surface area contributed by atoms with Crippen molar-refractivity contribution in [1.29, 1.82) is 0 Å². The molecule has 1 saturated heterocycles. The predicted molar refractivity (Wildman–Crippen MR) is 109 cm³/mol. The lowest BCUT2D eigenvalue weighted by Crippen LogP contribution is -2.23. The van der Waals surface area contributed by atoms with Crippen molar-refractivity contribution in [3.63, 3.8) is 0 Å². The minimum Gasteiger partial charge on any atom is -0.459 e. The maximum absolute atomic E-state index is 11.5. The smallest absolute Gasteiger partial charge is 0.309 e. The highest BCUT2D eigenvalue weighted by Gasteiger charge is 2.40. The van der Waals surface area contributed by atoms with Gasteiger partial charge in [0.25, 0.3) is 0 Å². The van der Waals surface area contributed by atoms with Crippen LogP contribution in [0.1, 0.15) is 96.5 Å². The van der Waals surface area contributed by atoms with E-state index in [0.29, 0.717) is 0 Å². The summed E-state index contributed by atoms with van der Waals surface area (Å²) in [4.78, 5) is 11.5. The van der Waals surface area contributed by atoms with Gasteiger partial charge in [-0.15, -0.1) is 0 Å². The van der Waals surface area contributed by atoms with Crippen LogP contribution in [-0.2, 0) is 16.0 Å². The molecule has 1 aliphatic heterocycles. The summed E-state index contributed by atoms with van der Waals surface area (Å²) < 4.78 is 5.54. The molecule has 0 amide bonds. The van der Waals surface area contributed by atoms with Crippen LogP contribution in [0.3, 0.4) is 0 Å². The van der Waals surface area contributed by atoms with Gasteiger partial charge in [-0.3, -0.25) is 4.79 Å². The zero-order valence-corrected chi connectivity index (χ0v) is 17.0. The Kier molecular flexibility index (Phi) is 9.22. The molecule has 1 aliphatic rings. The lowest BCUT2D eigenvalue weighted by atomic mass is 9.91. The third kappa shape index (κ3) is 7.93. The van der Waals surface area contributed by atoms with Crippen LogP contribution in [-0.4, -0.2) is 11.6 Å². The van der Waals surface area contributed by atoms with Crippen molar-refractivity contribution in [2.45, 2.75) is 103 Å². The van der Waals surface area contributed by atoms with E-state index in [4.69, 9.17) is 4.74 Å². The summed E-state index contributed by atoms with van der Waals surface area (Å²) in [7, 11) is 0. The van der Waals surface area contributed by atoms with Gasteiger partial charge in [-0.2, -0.15) is 0 Å². The van der Waals surface area contributed by atoms with Gasteiger partial charge in [-0.05, 0) is 44.6 Å². The molecule has 0 radical (unpaired) electrons. The van der Waals surface area contributed by atoms with Crippen LogP contribution in [0.2, 0.25) is 0 Å². The van der Waals surface area contributed by atoms with E-state index in [9.17, 15) is 4.79 Å². The molecule has 0 aliphatic carbocycles. The van der Waals surface area contributed by atoms with Gasteiger partial charge in [0, 0.05) is 0 Å². The molecule has 146 valence electrons. The van der Waals surface area contributed by atoms with Crippen molar-refractivity contribution in [2.75, 3.05) is 0 Å². The summed E-state index contributed by atoms with van der Waals surface area (Å²) in [5, 5.41) is 0. The Morgan fingerprint density at radius 1 is 0.885 bits per heavy atom. The van der Waals surface area contributed by atoms with Crippen molar-refractivity contribution >= 4 is 5.97 Å². The van der Waals surface area contributed by atoms with Gasteiger partial charge in [0.15, 0.2) is 0 Å². The van der Waals surface area contributed by atoms with Gasteiger partial charge in [-0.25, -0.2) is 0 Å². The molecule has 1 heterocycles. The SMILES string of the molecule is CC1C[C@@](C)(CCCCCCCCCCCCc2ccccc2)OC1=O. The maximum atomic E-state index is 11.5. The summed E-state index contributed by atoms with van der Waals surface area (Å²) in [5.74, 6) is 0.0870. The molecule has 2 heteroatoms. The number of hydrogen-bond acceptors (Lipinski definition) is 2. The van der Waals surface area contributed by atoms with E-state index in [1.54, 1.807) is 0 Å². The summed E-state index contributed by atoms with van der Waals surface area (Å²) in [6.45, 7) is 4.08. The zero-order chi connectivity index (χ0) is 18.7. The predicted octanol–water partition coefficient (Wildman–Crippen LogP) is 6.86. The van der Waals surface area contributed by atoms with Crippen molar-refractivity contribution in [3.8, 4) is 0 Å². The van der Waals surface area contributed by atoms with Crippen molar-refractivity contribution < 1.29 is 9.53 Å². The highest BCUT2D eigenvalue weighted by molar-refractivity contribution is 5.74. The van der Waals surface area contributed by atoms with Crippen LogP contribution in [0.15, 0.2) is 30.3 Å². The number of esters is 1. The fraction of sp³-hybridized carbons (Fsp3) is 0.708. The Balaban J connectivity index is 1.35. The minimum absolute atomic E-state index is 0.00346. The van der Waals surface area contributed by atoms with Crippen LogP contribution in [0.4, 0.5) is 0 Å². The number of aryl methyl sites for hydroxylation is 1. The molecule has 1 fully saturated rings. The van der Waals surface area contributed by atoms with Crippen molar-refractivity contribution in [2.24, 2.45) is 5.92 Å². The Labute approximate surface area is 160 Å². The largest absolute Gasteiger partial charge is 0.459 e. The molecule has 0 saturated carbocycles. The van der Waals surface area contributed by atoms with E-state index in [-0.39, 0.29) is 17.5 Å². The first-order valence-electron chi connectivity index (χ1n) is 10.9. The maximum Gasteiger partial charge on any atom is 0.309 e. The number of carbonyl (C=O) groups is 1. The summed E-state index contributed by atoms with van der Waals surface area (Å²) in [6.07, 6.45) is 16.5. The number of cyclic esters (lactones) is 1. The van der Waals surface area contributed by atoms with Gasteiger partial charge in [-0.1, -0.05) is 88.6 Å². The molecule has 0 bridgehead atoms. The monoisotopic (exact) mass is 358 g/mol. The van der Waals surface area contributed by atoms with E-state index in [2.05, 4.69) is 37.3 Å². The number of carbonyl (C=O) groups excluding carboxylic acids is 1. The average molecular weight is 359 g/mol. The third-order valence-corrected chi connectivity index (χ3v) is 5.75. The average Bonchev–Trinajstić information content (AvgIpc) is 2.89.